The average Bonchev–Trinajstić information content (AvgIpc) is 2.69. The molecule has 28 heavy (non-hydrogen) atoms. The Hall–Kier alpha value is -3.07. The molecular formula is C25H27NO2. The maximum Gasteiger partial charge on any atom is 0.343 e. The van der Waals surface area contributed by atoms with E-state index in [0.717, 1.165) is 24.2 Å². The van der Waals surface area contributed by atoms with Crippen LogP contribution in [0.3, 0.4) is 0 Å². The molecule has 0 aliphatic carbocycles. The third-order valence-electron chi connectivity index (χ3n) is 4.56. The van der Waals surface area contributed by atoms with Crippen LogP contribution >= 0.6 is 0 Å². The molecule has 0 unspecified atom stereocenters. The summed E-state index contributed by atoms with van der Waals surface area (Å²) in [4.78, 5) is 14.6. The first-order valence-electron chi connectivity index (χ1n) is 9.67. The molecular weight excluding hydrogens is 346 g/mol. The standard InChI is InChI=1S/C25H27NO2/c1-19(2)16-20-12-14-23(15-13-20)26(3)18-21-8-7-9-22(17-21)25(27)28-24-10-5-4-6-11-24/h4-15,17,19H,16,18H2,1-3H3. The Labute approximate surface area is 167 Å². The van der Waals surface area contributed by atoms with E-state index in [-0.39, 0.29) is 5.97 Å². The lowest BCUT2D eigenvalue weighted by atomic mass is 10.0. The molecule has 0 radical (unpaired) electrons. The van der Waals surface area contributed by atoms with Crippen LogP contribution in [0.1, 0.15) is 35.3 Å². The van der Waals surface area contributed by atoms with Gasteiger partial charge >= 0.3 is 5.97 Å². The van der Waals surface area contributed by atoms with Crippen LogP contribution in [-0.2, 0) is 13.0 Å². The highest BCUT2D eigenvalue weighted by Gasteiger charge is 2.10. The molecule has 3 rings (SSSR count). The third kappa shape index (κ3) is 5.46. The van der Waals surface area contributed by atoms with Gasteiger partial charge in [0.05, 0.1) is 5.56 Å². The summed E-state index contributed by atoms with van der Waals surface area (Å²) in [6.45, 7) is 5.18. The molecule has 0 N–H and O–H groups in total. The molecule has 3 nitrogen and oxygen atoms in total. The number of para-hydroxylation sites is 1. The quantitative estimate of drug-likeness (QED) is 0.391. The van der Waals surface area contributed by atoms with Crippen LogP contribution in [-0.4, -0.2) is 13.0 Å². The Balaban J connectivity index is 1.65. The van der Waals surface area contributed by atoms with Gasteiger partial charge in [-0.05, 0) is 59.9 Å². The zero-order valence-corrected chi connectivity index (χ0v) is 16.8. The van der Waals surface area contributed by atoms with Crippen molar-refractivity contribution in [3.8, 4) is 5.75 Å². The fraction of sp³-hybridized carbons (Fsp3) is 0.240. The minimum atomic E-state index is -0.339. The number of ether oxygens (including phenoxy) is 1. The van der Waals surface area contributed by atoms with E-state index in [4.69, 9.17) is 4.74 Å². The average molecular weight is 373 g/mol. The van der Waals surface area contributed by atoms with Crippen molar-refractivity contribution in [1.82, 2.24) is 0 Å². The van der Waals surface area contributed by atoms with Crippen molar-refractivity contribution in [3.05, 3.63) is 95.6 Å². The molecule has 3 aromatic carbocycles. The van der Waals surface area contributed by atoms with Gasteiger partial charge in [0.2, 0.25) is 0 Å². The number of rotatable bonds is 7. The first-order valence-corrected chi connectivity index (χ1v) is 9.67. The Morgan fingerprint density at radius 1 is 0.893 bits per heavy atom. The normalized spacial score (nSPS) is 10.7. The number of carbonyl (C=O) groups is 1. The van der Waals surface area contributed by atoms with E-state index in [1.165, 1.54) is 5.56 Å². The molecule has 0 heterocycles. The van der Waals surface area contributed by atoms with Crippen molar-refractivity contribution in [2.24, 2.45) is 5.92 Å². The van der Waals surface area contributed by atoms with E-state index in [2.05, 4.69) is 50.1 Å². The van der Waals surface area contributed by atoms with E-state index in [1.807, 2.05) is 36.4 Å². The number of anilines is 1. The second kappa shape index (κ2) is 9.23. The predicted octanol–water partition coefficient (Wildman–Crippen LogP) is 5.74. The molecule has 0 bridgehead atoms. The van der Waals surface area contributed by atoms with Crippen LogP contribution < -0.4 is 9.64 Å². The Bertz CT molecular complexity index is 901. The highest BCUT2D eigenvalue weighted by molar-refractivity contribution is 5.91. The molecule has 0 aliphatic rings. The molecule has 0 saturated heterocycles. The second-order valence-electron chi connectivity index (χ2n) is 7.52. The van der Waals surface area contributed by atoms with Gasteiger partial charge in [0.15, 0.2) is 0 Å². The molecule has 3 heteroatoms. The van der Waals surface area contributed by atoms with Gasteiger partial charge < -0.3 is 9.64 Å². The van der Waals surface area contributed by atoms with E-state index in [9.17, 15) is 4.79 Å². The predicted molar refractivity (Wildman–Crippen MR) is 115 cm³/mol. The van der Waals surface area contributed by atoms with Gasteiger partial charge in [-0.25, -0.2) is 4.79 Å². The van der Waals surface area contributed by atoms with Gasteiger partial charge in [-0.3, -0.25) is 0 Å². The maximum atomic E-state index is 12.4. The second-order valence-corrected chi connectivity index (χ2v) is 7.52. The molecule has 0 aromatic heterocycles. The SMILES string of the molecule is CC(C)Cc1ccc(N(C)Cc2cccc(C(=O)Oc3ccccc3)c2)cc1. The molecule has 0 fully saturated rings. The van der Waals surface area contributed by atoms with E-state index >= 15 is 0 Å². The fourth-order valence-electron chi connectivity index (χ4n) is 3.17. The van der Waals surface area contributed by atoms with Crippen molar-refractivity contribution in [2.75, 3.05) is 11.9 Å². The Morgan fingerprint density at radius 2 is 1.61 bits per heavy atom. The lowest BCUT2D eigenvalue weighted by Gasteiger charge is -2.20. The van der Waals surface area contributed by atoms with Gasteiger partial charge in [-0.2, -0.15) is 0 Å². The van der Waals surface area contributed by atoms with Crippen LogP contribution in [0, 0.1) is 5.92 Å². The maximum absolute atomic E-state index is 12.4. The smallest absolute Gasteiger partial charge is 0.343 e. The Kier molecular flexibility index (Phi) is 6.49. The first-order chi connectivity index (χ1) is 13.5. The summed E-state index contributed by atoms with van der Waals surface area (Å²) in [6, 6.07) is 25.5. The van der Waals surface area contributed by atoms with Crippen LogP contribution in [0.5, 0.6) is 5.75 Å². The number of hydrogen-bond donors (Lipinski definition) is 0. The Morgan fingerprint density at radius 3 is 2.29 bits per heavy atom. The van der Waals surface area contributed by atoms with Gasteiger partial charge in [-0.15, -0.1) is 0 Å². The van der Waals surface area contributed by atoms with E-state index < -0.39 is 0 Å². The summed E-state index contributed by atoms with van der Waals surface area (Å²) in [6.07, 6.45) is 1.09. The molecule has 3 aromatic rings. The van der Waals surface area contributed by atoms with Gasteiger partial charge in [0.1, 0.15) is 5.75 Å². The number of hydrogen-bond acceptors (Lipinski definition) is 3. The third-order valence-corrected chi connectivity index (χ3v) is 4.56. The minimum Gasteiger partial charge on any atom is -0.423 e. The lowest BCUT2D eigenvalue weighted by Crippen LogP contribution is -2.17. The molecule has 144 valence electrons. The fourth-order valence-corrected chi connectivity index (χ4v) is 3.17. The van der Waals surface area contributed by atoms with Crippen LogP contribution in [0.4, 0.5) is 5.69 Å². The largest absolute Gasteiger partial charge is 0.423 e. The highest BCUT2D eigenvalue weighted by Crippen LogP contribution is 2.19. The first kappa shape index (κ1) is 19.7. The molecule has 0 saturated carbocycles. The zero-order chi connectivity index (χ0) is 19.9. The molecule has 0 spiro atoms. The van der Waals surface area contributed by atoms with Gasteiger partial charge in [0.25, 0.3) is 0 Å². The minimum absolute atomic E-state index is 0.339. The summed E-state index contributed by atoms with van der Waals surface area (Å²) in [7, 11) is 2.06. The van der Waals surface area contributed by atoms with Crippen LogP contribution in [0.15, 0.2) is 78.9 Å². The van der Waals surface area contributed by atoms with Crippen molar-refractivity contribution in [1.29, 1.82) is 0 Å². The number of esters is 1. The molecule has 0 aliphatic heterocycles. The van der Waals surface area contributed by atoms with Crippen LogP contribution in [0.25, 0.3) is 0 Å². The zero-order valence-electron chi connectivity index (χ0n) is 16.8. The lowest BCUT2D eigenvalue weighted by molar-refractivity contribution is 0.0734. The van der Waals surface area contributed by atoms with Crippen molar-refractivity contribution < 1.29 is 9.53 Å². The summed E-state index contributed by atoms with van der Waals surface area (Å²) in [5, 5.41) is 0. The number of benzene rings is 3. The summed E-state index contributed by atoms with van der Waals surface area (Å²) in [5.41, 5.74) is 4.14. The number of carbonyl (C=O) groups excluding carboxylic acids is 1. The highest BCUT2D eigenvalue weighted by atomic mass is 16.5. The van der Waals surface area contributed by atoms with E-state index in [0.29, 0.717) is 17.2 Å². The topological polar surface area (TPSA) is 29.5 Å². The van der Waals surface area contributed by atoms with Crippen LogP contribution in [0.2, 0.25) is 0 Å². The van der Waals surface area contributed by atoms with Gasteiger partial charge in [-0.1, -0.05) is 56.3 Å². The van der Waals surface area contributed by atoms with E-state index in [1.54, 1.807) is 18.2 Å². The molecule has 0 amide bonds. The van der Waals surface area contributed by atoms with Gasteiger partial charge in [0, 0.05) is 19.3 Å². The van der Waals surface area contributed by atoms with Crippen molar-refractivity contribution in [3.63, 3.8) is 0 Å². The summed E-state index contributed by atoms with van der Waals surface area (Å²) < 4.78 is 5.44. The summed E-state index contributed by atoms with van der Waals surface area (Å²) >= 11 is 0. The summed E-state index contributed by atoms with van der Waals surface area (Å²) in [5.74, 6) is 0.868. The number of nitrogens with zero attached hydrogens (tertiary/aromatic N) is 1. The monoisotopic (exact) mass is 373 g/mol. The van der Waals surface area contributed by atoms with Crippen molar-refractivity contribution in [2.45, 2.75) is 26.8 Å². The van der Waals surface area contributed by atoms with Crippen molar-refractivity contribution >= 4 is 11.7 Å². The molecule has 0 atom stereocenters.